The Bertz CT molecular complexity index is 223. The Morgan fingerprint density at radius 2 is 1.93 bits per heavy atom. The Morgan fingerprint density at radius 3 is 2.29 bits per heavy atom. The summed E-state index contributed by atoms with van der Waals surface area (Å²) in [6.45, 7) is 5.44. The van der Waals surface area contributed by atoms with Crippen molar-refractivity contribution in [2.24, 2.45) is 5.92 Å². The minimum atomic E-state index is -2.62. The zero-order valence-electron chi connectivity index (χ0n) is 8.77. The number of ether oxygens (including phenoxy) is 1. The molecule has 0 aliphatic heterocycles. The van der Waals surface area contributed by atoms with E-state index in [4.69, 9.17) is 4.74 Å². The molecule has 0 N–H and O–H groups in total. The molecule has 1 aliphatic rings. The van der Waals surface area contributed by atoms with Gasteiger partial charge in [-0.2, -0.15) is 0 Å². The molecular weight excluding hydrogens is 190 g/mol. The second-order valence-corrected chi connectivity index (χ2v) is 4.83. The highest BCUT2D eigenvalue weighted by molar-refractivity contribution is 5.83. The molecule has 0 radical (unpaired) electrons. The predicted octanol–water partition coefficient (Wildman–Crippen LogP) is 2.42. The third-order valence-corrected chi connectivity index (χ3v) is 2.19. The standard InChI is InChI=1S/C10H16F2O2/c1-9(2,3)14-6-8(13)7-4-10(11,12)5-7/h7H,4-6H2,1-3H3. The Labute approximate surface area is 82.6 Å². The van der Waals surface area contributed by atoms with Gasteiger partial charge in [-0.3, -0.25) is 4.79 Å². The average molecular weight is 206 g/mol. The molecule has 82 valence electrons. The van der Waals surface area contributed by atoms with E-state index < -0.39 is 11.8 Å². The van der Waals surface area contributed by atoms with E-state index in [0.29, 0.717) is 0 Å². The summed E-state index contributed by atoms with van der Waals surface area (Å²) >= 11 is 0. The van der Waals surface area contributed by atoms with Gasteiger partial charge in [0.05, 0.1) is 5.60 Å². The highest BCUT2D eigenvalue weighted by Crippen LogP contribution is 2.42. The molecule has 4 heteroatoms. The van der Waals surface area contributed by atoms with Crippen molar-refractivity contribution in [2.75, 3.05) is 6.61 Å². The second-order valence-electron chi connectivity index (χ2n) is 4.83. The van der Waals surface area contributed by atoms with Gasteiger partial charge in [0.2, 0.25) is 5.92 Å². The fourth-order valence-electron chi connectivity index (χ4n) is 1.29. The van der Waals surface area contributed by atoms with Gasteiger partial charge in [-0.05, 0) is 20.8 Å². The summed E-state index contributed by atoms with van der Waals surface area (Å²) in [4.78, 5) is 11.3. The smallest absolute Gasteiger partial charge is 0.249 e. The molecule has 0 spiro atoms. The Kier molecular flexibility index (Phi) is 2.95. The van der Waals surface area contributed by atoms with Crippen molar-refractivity contribution in [3.05, 3.63) is 0 Å². The monoisotopic (exact) mass is 206 g/mol. The maximum atomic E-state index is 12.4. The van der Waals surface area contributed by atoms with Gasteiger partial charge in [-0.1, -0.05) is 0 Å². The first-order chi connectivity index (χ1) is 6.20. The fourth-order valence-corrected chi connectivity index (χ4v) is 1.29. The van der Waals surface area contributed by atoms with Crippen molar-refractivity contribution in [3.63, 3.8) is 0 Å². The van der Waals surface area contributed by atoms with E-state index in [2.05, 4.69) is 0 Å². The molecular formula is C10H16F2O2. The Morgan fingerprint density at radius 1 is 1.43 bits per heavy atom. The van der Waals surface area contributed by atoms with E-state index >= 15 is 0 Å². The lowest BCUT2D eigenvalue weighted by Gasteiger charge is -2.34. The SMILES string of the molecule is CC(C)(C)OCC(=O)C1CC(F)(F)C1. The first-order valence-electron chi connectivity index (χ1n) is 4.74. The first-order valence-corrected chi connectivity index (χ1v) is 4.74. The van der Waals surface area contributed by atoms with Crippen LogP contribution in [0.25, 0.3) is 0 Å². The third kappa shape index (κ3) is 3.33. The van der Waals surface area contributed by atoms with Gasteiger partial charge in [0.25, 0.3) is 0 Å². The highest BCUT2D eigenvalue weighted by Gasteiger charge is 2.48. The largest absolute Gasteiger partial charge is 0.368 e. The molecule has 0 aromatic carbocycles. The summed E-state index contributed by atoms with van der Waals surface area (Å²) in [6.07, 6.45) is -0.612. The number of ketones is 1. The maximum Gasteiger partial charge on any atom is 0.249 e. The van der Waals surface area contributed by atoms with Crippen LogP contribution in [0.4, 0.5) is 8.78 Å². The van der Waals surface area contributed by atoms with Crippen molar-refractivity contribution >= 4 is 5.78 Å². The van der Waals surface area contributed by atoms with Crippen molar-refractivity contribution in [2.45, 2.75) is 45.1 Å². The average Bonchev–Trinajstić information content (AvgIpc) is 1.94. The second kappa shape index (κ2) is 3.57. The van der Waals surface area contributed by atoms with Crippen molar-refractivity contribution in [3.8, 4) is 0 Å². The van der Waals surface area contributed by atoms with Crippen LogP contribution in [-0.2, 0) is 9.53 Å². The number of carbonyl (C=O) groups excluding carboxylic acids is 1. The number of hydrogen-bond acceptors (Lipinski definition) is 2. The molecule has 0 aromatic heterocycles. The number of alkyl halides is 2. The van der Waals surface area contributed by atoms with E-state index in [1.807, 2.05) is 20.8 Å². The first kappa shape index (κ1) is 11.6. The molecule has 1 fully saturated rings. The topological polar surface area (TPSA) is 26.3 Å². The van der Waals surface area contributed by atoms with Crippen LogP contribution < -0.4 is 0 Å². The van der Waals surface area contributed by atoms with Gasteiger partial charge >= 0.3 is 0 Å². The van der Waals surface area contributed by atoms with E-state index in [0.717, 1.165) is 0 Å². The van der Waals surface area contributed by atoms with Crippen LogP contribution in [0.15, 0.2) is 0 Å². The molecule has 0 unspecified atom stereocenters. The van der Waals surface area contributed by atoms with Gasteiger partial charge in [-0.25, -0.2) is 8.78 Å². The van der Waals surface area contributed by atoms with E-state index in [1.54, 1.807) is 0 Å². The number of halogens is 2. The van der Waals surface area contributed by atoms with Crippen LogP contribution in [0.2, 0.25) is 0 Å². The number of carbonyl (C=O) groups is 1. The van der Waals surface area contributed by atoms with E-state index in [-0.39, 0.29) is 30.8 Å². The van der Waals surface area contributed by atoms with Gasteiger partial charge in [0, 0.05) is 18.8 Å². The summed E-state index contributed by atoms with van der Waals surface area (Å²) in [7, 11) is 0. The number of hydrogen-bond donors (Lipinski definition) is 0. The van der Waals surface area contributed by atoms with Gasteiger partial charge in [0.1, 0.15) is 6.61 Å². The van der Waals surface area contributed by atoms with Crippen LogP contribution in [0, 0.1) is 5.92 Å². The number of Topliss-reactive ketones (excluding diaryl/α,β-unsaturated/α-hetero) is 1. The third-order valence-electron chi connectivity index (χ3n) is 2.19. The predicted molar refractivity (Wildman–Crippen MR) is 48.4 cm³/mol. The van der Waals surface area contributed by atoms with Gasteiger partial charge in [-0.15, -0.1) is 0 Å². The van der Waals surface area contributed by atoms with Crippen molar-refractivity contribution in [1.29, 1.82) is 0 Å². The molecule has 0 heterocycles. The summed E-state index contributed by atoms with van der Waals surface area (Å²) in [5.74, 6) is -3.32. The molecule has 1 aliphatic carbocycles. The molecule has 0 aromatic rings. The lowest BCUT2D eigenvalue weighted by atomic mass is 9.78. The minimum absolute atomic E-state index is 0.0513. The normalized spacial score (nSPS) is 21.8. The van der Waals surface area contributed by atoms with Crippen molar-refractivity contribution < 1.29 is 18.3 Å². The minimum Gasteiger partial charge on any atom is -0.368 e. The molecule has 0 amide bonds. The van der Waals surface area contributed by atoms with Crippen LogP contribution in [0.5, 0.6) is 0 Å². The summed E-state index contributed by atoms with van der Waals surface area (Å²) in [5.41, 5.74) is -0.387. The Balaban J connectivity index is 2.25. The zero-order chi connectivity index (χ0) is 11.0. The van der Waals surface area contributed by atoms with Crippen LogP contribution in [0.3, 0.4) is 0 Å². The number of rotatable bonds is 3. The van der Waals surface area contributed by atoms with Gasteiger partial charge < -0.3 is 4.74 Å². The molecule has 2 nitrogen and oxygen atoms in total. The van der Waals surface area contributed by atoms with Crippen LogP contribution >= 0.6 is 0 Å². The van der Waals surface area contributed by atoms with E-state index in [9.17, 15) is 13.6 Å². The molecule has 1 rings (SSSR count). The quantitative estimate of drug-likeness (QED) is 0.708. The summed E-state index contributed by atoms with van der Waals surface area (Å²) in [5, 5.41) is 0. The lowest BCUT2D eigenvalue weighted by molar-refractivity contribution is -0.155. The molecule has 14 heavy (non-hydrogen) atoms. The summed E-state index contributed by atoms with van der Waals surface area (Å²) < 4.78 is 30.1. The van der Waals surface area contributed by atoms with Crippen LogP contribution in [0.1, 0.15) is 33.6 Å². The van der Waals surface area contributed by atoms with Crippen molar-refractivity contribution in [1.82, 2.24) is 0 Å². The molecule has 0 bridgehead atoms. The van der Waals surface area contributed by atoms with Gasteiger partial charge in [0.15, 0.2) is 5.78 Å². The zero-order valence-corrected chi connectivity index (χ0v) is 8.77. The summed E-state index contributed by atoms with van der Waals surface area (Å²) in [6, 6.07) is 0. The molecule has 1 saturated carbocycles. The fraction of sp³-hybridized carbons (Fsp3) is 0.900. The maximum absolute atomic E-state index is 12.4. The lowest BCUT2D eigenvalue weighted by Crippen LogP contribution is -2.42. The van der Waals surface area contributed by atoms with E-state index in [1.165, 1.54) is 0 Å². The highest BCUT2D eigenvalue weighted by atomic mass is 19.3. The molecule has 0 atom stereocenters. The Hall–Kier alpha value is -0.510. The van der Waals surface area contributed by atoms with Crippen LogP contribution in [-0.4, -0.2) is 23.9 Å². The molecule has 0 saturated heterocycles.